The summed E-state index contributed by atoms with van der Waals surface area (Å²) in [5, 5.41) is 0. The van der Waals surface area contributed by atoms with E-state index in [0.29, 0.717) is 18.2 Å². The average Bonchev–Trinajstić information content (AvgIpc) is 2.75. The standard InChI is InChI=1S/C24H23F9N2O2/c1-11(2)37-21(36)35-12(3)6-18(17-10-14(22(25,26)27)4-5-19(17)35)20(34)13-7-15(23(28,29)30)9-16(8-13)24(31,32)33/h4-5,7-12,18,20H,6,34H2,1-3H3. The molecule has 1 aliphatic heterocycles. The normalized spacial score (nSPS) is 19.6. The minimum absolute atomic E-state index is 0.0270. The summed E-state index contributed by atoms with van der Waals surface area (Å²) in [5.41, 5.74) is 1.15. The molecule has 1 aliphatic rings. The fourth-order valence-electron chi connectivity index (χ4n) is 4.37. The second kappa shape index (κ2) is 9.73. The molecule has 37 heavy (non-hydrogen) atoms. The van der Waals surface area contributed by atoms with Crippen molar-refractivity contribution in [3.63, 3.8) is 0 Å². The summed E-state index contributed by atoms with van der Waals surface area (Å²) in [5.74, 6) is -1.15. The van der Waals surface area contributed by atoms with Gasteiger partial charge in [-0.15, -0.1) is 0 Å². The summed E-state index contributed by atoms with van der Waals surface area (Å²) in [4.78, 5) is 13.8. The third-order valence-corrected chi connectivity index (χ3v) is 6.01. The summed E-state index contributed by atoms with van der Waals surface area (Å²) >= 11 is 0. The monoisotopic (exact) mass is 542 g/mol. The number of hydrogen-bond acceptors (Lipinski definition) is 3. The van der Waals surface area contributed by atoms with Gasteiger partial charge in [-0.1, -0.05) is 0 Å². The topological polar surface area (TPSA) is 55.6 Å². The van der Waals surface area contributed by atoms with Crippen molar-refractivity contribution in [2.45, 2.75) is 69.8 Å². The van der Waals surface area contributed by atoms with E-state index < -0.39 is 71.0 Å². The van der Waals surface area contributed by atoms with E-state index in [1.165, 1.54) is 6.92 Å². The van der Waals surface area contributed by atoms with Gasteiger partial charge in [0.2, 0.25) is 0 Å². The van der Waals surface area contributed by atoms with Gasteiger partial charge in [0, 0.05) is 18.0 Å². The number of rotatable bonds is 3. The molecule has 0 saturated carbocycles. The molecule has 0 radical (unpaired) electrons. The van der Waals surface area contributed by atoms with Crippen LogP contribution in [0.15, 0.2) is 36.4 Å². The molecule has 204 valence electrons. The average molecular weight is 542 g/mol. The second-order valence-electron chi connectivity index (χ2n) is 9.13. The smallest absolute Gasteiger partial charge is 0.416 e. The molecule has 1 heterocycles. The summed E-state index contributed by atoms with van der Waals surface area (Å²) in [7, 11) is 0. The zero-order valence-electron chi connectivity index (χ0n) is 19.7. The molecule has 0 aliphatic carbocycles. The Kier molecular flexibility index (Phi) is 7.52. The fraction of sp³-hybridized carbons (Fsp3) is 0.458. The van der Waals surface area contributed by atoms with Gasteiger partial charge >= 0.3 is 24.6 Å². The van der Waals surface area contributed by atoms with E-state index in [1.807, 2.05) is 0 Å². The number of hydrogen-bond donors (Lipinski definition) is 1. The van der Waals surface area contributed by atoms with Crippen LogP contribution in [0.2, 0.25) is 0 Å². The Balaban J connectivity index is 2.19. The summed E-state index contributed by atoms with van der Waals surface area (Å²) in [6.07, 6.45) is -16.7. The van der Waals surface area contributed by atoms with Crippen LogP contribution in [-0.4, -0.2) is 18.2 Å². The van der Waals surface area contributed by atoms with E-state index >= 15 is 0 Å². The summed E-state index contributed by atoms with van der Waals surface area (Å²) in [6.45, 7) is 4.64. The number of alkyl halides is 9. The van der Waals surface area contributed by atoms with Crippen molar-refractivity contribution in [1.82, 2.24) is 0 Å². The van der Waals surface area contributed by atoms with Crippen LogP contribution in [-0.2, 0) is 23.3 Å². The Morgan fingerprint density at radius 2 is 1.41 bits per heavy atom. The number of carbonyl (C=O) groups is 1. The molecule has 4 nitrogen and oxygen atoms in total. The molecule has 0 saturated heterocycles. The van der Waals surface area contributed by atoms with Gasteiger partial charge in [-0.2, -0.15) is 39.5 Å². The Bertz CT molecular complexity index is 1120. The number of carbonyl (C=O) groups excluding carboxylic acids is 1. The molecule has 2 aromatic carbocycles. The number of fused-ring (bicyclic) bond motifs is 1. The van der Waals surface area contributed by atoms with Gasteiger partial charge in [0.05, 0.1) is 28.5 Å². The molecule has 13 heteroatoms. The molecular formula is C24H23F9N2O2. The highest BCUT2D eigenvalue weighted by Crippen LogP contribution is 2.47. The van der Waals surface area contributed by atoms with Gasteiger partial charge in [0.1, 0.15) is 0 Å². The third-order valence-electron chi connectivity index (χ3n) is 6.01. The highest BCUT2D eigenvalue weighted by Gasteiger charge is 2.42. The molecule has 1 amide bonds. The van der Waals surface area contributed by atoms with Crippen LogP contribution in [0.4, 0.5) is 50.0 Å². The van der Waals surface area contributed by atoms with Crippen LogP contribution in [0.3, 0.4) is 0 Å². The van der Waals surface area contributed by atoms with Gasteiger partial charge in [0.25, 0.3) is 0 Å². The molecule has 3 unspecified atom stereocenters. The maximum Gasteiger partial charge on any atom is 0.416 e. The van der Waals surface area contributed by atoms with Crippen LogP contribution < -0.4 is 10.6 Å². The number of halogens is 9. The molecule has 0 fully saturated rings. The molecular weight excluding hydrogens is 519 g/mol. The van der Waals surface area contributed by atoms with E-state index in [2.05, 4.69) is 0 Å². The lowest BCUT2D eigenvalue weighted by Crippen LogP contribution is -2.45. The van der Waals surface area contributed by atoms with E-state index in [-0.39, 0.29) is 23.7 Å². The predicted octanol–water partition coefficient (Wildman–Crippen LogP) is 7.67. The molecule has 2 aromatic rings. The largest absolute Gasteiger partial charge is 0.446 e. The lowest BCUT2D eigenvalue weighted by molar-refractivity contribution is -0.143. The maximum absolute atomic E-state index is 13.5. The number of amides is 1. The highest BCUT2D eigenvalue weighted by atomic mass is 19.4. The van der Waals surface area contributed by atoms with E-state index in [4.69, 9.17) is 10.5 Å². The first-order chi connectivity index (χ1) is 16.8. The van der Waals surface area contributed by atoms with Crippen molar-refractivity contribution < 1.29 is 49.0 Å². The summed E-state index contributed by atoms with van der Waals surface area (Å²) < 4.78 is 126. The Morgan fingerprint density at radius 3 is 1.86 bits per heavy atom. The van der Waals surface area contributed by atoms with Crippen molar-refractivity contribution in [3.8, 4) is 0 Å². The van der Waals surface area contributed by atoms with Crippen LogP contribution in [0.5, 0.6) is 0 Å². The highest BCUT2D eigenvalue weighted by molar-refractivity contribution is 5.90. The van der Waals surface area contributed by atoms with Gasteiger partial charge in [-0.3, -0.25) is 4.90 Å². The Hall–Kier alpha value is -2.96. The number of benzene rings is 2. The predicted molar refractivity (Wildman–Crippen MR) is 116 cm³/mol. The van der Waals surface area contributed by atoms with Crippen LogP contribution in [0, 0.1) is 0 Å². The van der Waals surface area contributed by atoms with Gasteiger partial charge in [-0.25, -0.2) is 4.79 Å². The first kappa shape index (κ1) is 28.6. The molecule has 3 atom stereocenters. The van der Waals surface area contributed by atoms with Crippen molar-refractivity contribution in [1.29, 1.82) is 0 Å². The zero-order valence-corrected chi connectivity index (χ0v) is 19.7. The van der Waals surface area contributed by atoms with Crippen molar-refractivity contribution >= 4 is 11.8 Å². The van der Waals surface area contributed by atoms with Crippen LogP contribution in [0.1, 0.15) is 67.0 Å². The zero-order chi connectivity index (χ0) is 28.1. The Labute approximate surface area is 206 Å². The molecule has 0 aromatic heterocycles. The first-order valence-corrected chi connectivity index (χ1v) is 11.1. The molecule has 0 bridgehead atoms. The van der Waals surface area contributed by atoms with Gasteiger partial charge in [-0.05, 0) is 74.7 Å². The number of anilines is 1. The lowest BCUT2D eigenvalue weighted by Gasteiger charge is -2.41. The van der Waals surface area contributed by atoms with Crippen molar-refractivity contribution in [2.75, 3.05) is 4.90 Å². The maximum atomic E-state index is 13.5. The third kappa shape index (κ3) is 6.13. The number of nitrogens with zero attached hydrogens (tertiary/aromatic N) is 1. The number of nitrogens with two attached hydrogens (primary N) is 1. The molecule has 2 N–H and O–H groups in total. The number of ether oxygens (including phenoxy) is 1. The van der Waals surface area contributed by atoms with Crippen LogP contribution in [0.25, 0.3) is 0 Å². The van der Waals surface area contributed by atoms with Gasteiger partial charge < -0.3 is 10.5 Å². The molecule has 0 spiro atoms. The Morgan fingerprint density at radius 1 is 0.892 bits per heavy atom. The van der Waals surface area contributed by atoms with Crippen molar-refractivity contribution in [2.24, 2.45) is 5.73 Å². The summed E-state index contributed by atoms with van der Waals surface area (Å²) in [6, 6.07) is 0.993. The van der Waals surface area contributed by atoms with E-state index in [9.17, 15) is 44.3 Å². The SMILES string of the molecule is CC(C)OC(=O)N1c2ccc(C(F)(F)F)cc2C(C(N)c2cc(C(F)(F)F)cc(C(F)(F)F)c2)CC1C. The van der Waals surface area contributed by atoms with Crippen LogP contribution >= 0.6 is 0 Å². The minimum atomic E-state index is -5.13. The lowest BCUT2D eigenvalue weighted by atomic mass is 9.78. The van der Waals surface area contributed by atoms with E-state index in [1.54, 1.807) is 13.8 Å². The molecule has 3 rings (SSSR count). The fourth-order valence-corrected chi connectivity index (χ4v) is 4.37. The van der Waals surface area contributed by atoms with Gasteiger partial charge in [0.15, 0.2) is 0 Å². The second-order valence-corrected chi connectivity index (χ2v) is 9.13. The minimum Gasteiger partial charge on any atom is -0.446 e. The van der Waals surface area contributed by atoms with E-state index in [0.717, 1.165) is 17.0 Å². The van der Waals surface area contributed by atoms with Crippen molar-refractivity contribution in [3.05, 3.63) is 64.2 Å². The quantitative estimate of drug-likeness (QED) is 0.405. The first-order valence-electron chi connectivity index (χ1n) is 11.1.